The number of nitrogens with zero attached hydrogens (tertiary/aromatic N) is 3. The first kappa shape index (κ1) is 16.6. The normalized spacial score (nSPS) is 21.8. The number of non-ortho nitro benzene ring substituents is 1. The lowest BCUT2D eigenvalue weighted by Crippen LogP contribution is -2.41. The molecule has 1 aromatic heterocycles. The van der Waals surface area contributed by atoms with Gasteiger partial charge in [-0.05, 0) is 36.5 Å². The van der Waals surface area contributed by atoms with E-state index in [1.807, 2.05) is 0 Å². The van der Waals surface area contributed by atoms with E-state index in [0.717, 1.165) is 43.7 Å². The monoisotopic (exact) mass is 328 g/mol. The standard InChI is InChI=1S/C18H24N4O2/c1-13-10-14(2)12-21(11-13)9-8-19-16-5-6-17(22(23)24)15-4-3-7-20-18(15)16/h3-7,13-14,19H,8-12H2,1-2H3/t13-,14+. The zero-order chi connectivity index (χ0) is 17.1. The lowest BCUT2D eigenvalue weighted by atomic mass is 9.92. The predicted octanol–water partition coefficient (Wildman–Crippen LogP) is 3.53. The maximum atomic E-state index is 11.2. The first-order valence-electron chi connectivity index (χ1n) is 8.53. The Bertz CT molecular complexity index is 724. The van der Waals surface area contributed by atoms with Crippen molar-refractivity contribution in [2.75, 3.05) is 31.5 Å². The molecule has 2 atom stereocenters. The summed E-state index contributed by atoms with van der Waals surface area (Å²) in [5, 5.41) is 15.1. The van der Waals surface area contributed by atoms with Crippen molar-refractivity contribution in [3.63, 3.8) is 0 Å². The predicted molar refractivity (Wildman–Crippen MR) is 96.3 cm³/mol. The molecule has 0 aliphatic carbocycles. The van der Waals surface area contributed by atoms with Crippen molar-refractivity contribution in [2.45, 2.75) is 20.3 Å². The number of pyridine rings is 1. The fourth-order valence-corrected chi connectivity index (χ4v) is 3.78. The molecule has 2 heterocycles. The van der Waals surface area contributed by atoms with Gasteiger partial charge in [-0.15, -0.1) is 0 Å². The van der Waals surface area contributed by atoms with E-state index in [-0.39, 0.29) is 10.6 Å². The summed E-state index contributed by atoms with van der Waals surface area (Å²) in [6.07, 6.45) is 2.98. The minimum Gasteiger partial charge on any atom is -0.382 e. The van der Waals surface area contributed by atoms with E-state index in [1.165, 1.54) is 6.42 Å². The second-order valence-electron chi connectivity index (χ2n) is 6.92. The second kappa shape index (κ2) is 7.13. The van der Waals surface area contributed by atoms with Crippen LogP contribution in [0.25, 0.3) is 10.9 Å². The third-order valence-corrected chi connectivity index (χ3v) is 4.63. The number of hydrogen-bond donors (Lipinski definition) is 1. The van der Waals surface area contributed by atoms with Gasteiger partial charge >= 0.3 is 0 Å². The van der Waals surface area contributed by atoms with Crippen LogP contribution in [0.4, 0.5) is 11.4 Å². The summed E-state index contributed by atoms with van der Waals surface area (Å²) in [6.45, 7) is 8.69. The van der Waals surface area contributed by atoms with Crippen LogP contribution in [-0.4, -0.2) is 41.0 Å². The molecule has 2 aromatic rings. The molecule has 3 rings (SSSR count). The van der Waals surface area contributed by atoms with E-state index in [4.69, 9.17) is 0 Å². The van der Waals surface area contributed by atoms with Gasteiger partial charge in [-0.1, -0.05) is 13.8 Å². The third kappa shape index (κ3) is 3.64. The van der Waals surface area contributed by atoms with E-state index in [1.54, 1.807) is 30.5 Å². The zero-order valence-corrected chi connectivity index (χ0v) is 14.2. The van der Waals surface area contributed by atoms with Crippen LogP contribution in [0.2, 0.25) is 0 Å². The number of nitro benzene ring substituents is 1. The number of nitrogens with one attached hydrogen (secondary N) is 1. The maximum Gasteiger partial charge on any atom is 0.278 e. The third-order valence-electron chi connectivity index (χ3n) is 4.63. The molecule has 0 spiro atoms. The van der Waals surface area contributed by atoms with Gasteiger partial charge in [-0.2, -0.15) is 0 Å². The number of likely N-dealkylation sites (tertiary alicyclic amines) is 1. The lowest BCUT2D eigenvalue weighted by Gasteiger charge is -2.35. The molecule has 1 aromatic carbocycles. The van der Waals surface area contributed by atoms with E-state index < -0.39 is 0 Å². The van der Waals surface area contributed by atoms with Crippen molar-refractivity contribution in [3.8, 4) is 0 Å². The molecule has 0 radical (unpaired) electrons. The molecule has 1 aliphatic rings. The number of piperidine rings is 1. The molecule has 1 N–H and O–H groups in total. The van der Waals surface area contributed by atoms with Crippen LogP contribution in [0.3, 0.4) is 0 Å². The molecule has 1 saturated heterocycles. The summed E-state index contributed by atoms with van der Waals surface area (Å²) in [7, 11) is 0. The quantitative estimate of drug-likeness (QED) is 0.671. The van der Waals surface area contributed by atoms with Gasteiger partial charge in [0, 0.05) is 38.4 Å². The average Bonchev–Trinajstić information content (AvgIpc) is 2.53. The Morgan fingerprint density at radius 2 is 2.04 bits per heavy atom. The largest absolute Gasteiger partial charge is 0.382 e. The molecule has 6 heteroatoms. The summed E-state index contributed by atoms with van der Waals surface area (Å²) >= 11 is 0. The van der Waals surface area contributed by atoms with Gasteiger partial charge in [0.05, 0.1) is 16.0 Å². The minimum absolute atomic E-state index is 0.0994. The molecule has 24 heavy (non-hydrogen) atoms. The molecular weight excluding hydrogens is 304 g/mol. The lowest BCUT2D eigenvalue weighted by molar-refractivity contribution is -0.383. The molecule has 1 fully saturated rings. The Morgan fingerprint density at radius 1 is 1.29 bits per heavy atom. The van der Waals surface area contributed by atoms with Gasteiger partial charge in [-0.25, -0.2) is 0 Å². The fraction of sp³-hybridized carbons (Fsp3) is 0.500. The Kier molecular flexibility index (Phi) is 4.94. The van der Waals surface area contributed by atoms with Crippen LogP contribution >= 0.6 is 0 Å². The summed E-state index contributed by atoms with van der Waals surface area (Å²) in [4.78, 5) is 17.6. The highest BCUT2D eigenvalue weighted by atomic mass is 16.6. The summed E-state index contributed by atoms with van der Waals surface area (Å²) in [5.41, 5.74) is 1.61. The number of hydrogen-bond acceptors (Lipinski definition) is 5. The summed E-state index contributed by atoms with van der Waals surface area (Å²) in [6, 6.07) is 6.79. The van der Waals surface area contributed by atoms with Crippen LogP contribution < -0.4 is 5.32 Å². The van der Waals surface area contributed by atoms with Crippen molar-refractivity contribution in [2.24, 2.45) is 11.8 Å². The zero-order valence-electron chi connectivity index (χ0n) is 14.2. The van der Waals surface area contributed by atoms with Gasteiger partial charge in [0.15, 0.2) is 0 Å². The fourth-order valence-electron chi connectivity index (χ4n) is 3.78. The highest BCUT2D eigenvalue weighted by molar-refractivity contribution is 5.96. The molecule has 1 aliphatic heterocycles. The van der Waals surface area contributed by atoms with E-state index in [9.17, 15) is 10.1 Å². The van der Waals surface area contributed by atoms with Crippen molar-refractivity contribution in [1.29, 1.82) is 0 Å². The Labute approximate surface area is 142 Å². The minimum atomic E-state index is -0.357. The summed E-state index contributed by atoms with van der Waals surface area (Å²) in [5.74, 6) is 1.49. The van der Waals surface area contributed by atoms with Crippen molar-refractivity contribution >= 4 is 22.3 Å². The number of aromatic nitrogens is 1. The molecule has 6 nitrogen and oxygen atoms in total. The number of fused-ring (bicyclic) bond motifs is 1. The van der Waals surface area contributed by atoms with Gasteiger partial charge in [-0.3, -0.25) is 15.1 Å². The number of rotatable bonds is 5. The smallest absolute Gasteiger partial charge is 0.278 e. The first-order valence-corrected chi connectivity index (χ1v) is 8.53. The van der Waals surface area contributed by atoms with Gasteiger partial charge in [0.1, 0.15) is 5.52 Å². The molecular formula is C18H24N4O2. The Balaban J connectivity index is 1.70. The Hall–Kier alpha value is -2.21. The highest BCUT2D eigenvalue weighted by Gasteiger charge is 2.21. The van der Waals surface area contributed by atoms with Gasteiger partial charge in [0.25, 0.3) is 5.69 Å². The maximum absolute atomic E-state index is 11.2. The number of benzene rings is 1. The molecule has 128 valence electrons. The average molecular weight is 328 g/mol. The van der Waals surface area contributed by atoms with Crippen LogP contribution in [0.5, 0.6) is 0 Å². The van der Waals surface area contributed by atoms with Crippen LogP contribution in [-0.2, 0) is 0 Å². The molecule has 0 bridgehead atoms. The van der Waals surface area contributed by atoms with Gasteiger partial charge < -0.3 is 10.2 Å². The van der Waals surface area contributed by atoms with Crippen LogP contribution in [0.15, 0.2) is 30.5 Å². The van der Waals surface area contributed by atoms with Gasteiger partial charge in [0.2, 0.25) is 0 Å². The van der Waals surface area contributed by atoms with E-state index in [2.05, 4.69) is 29.0 Å². The van der Waals surface area contributed by atoms with E-state index >= 15 is 0 Å². The SMILES string of the molecule is C[C@@H]1C[C@H](C)CN(CCNc2ccc([N+](=O)[O-])c3cccnc23)C1. The van der Waals surface area contributed by atoms with Crippen LogP contribution in [0, 0.1) is 22.0 Å². The number of anilines is 1. The molecule has 0 saturated carbocycles. The number of nitro groups is 1. The molecule has 0 amide bonds. The second-order valence-corrected chi connectivity index (χ2v) is 6.92. The first-order chi connectivity index (χ1) is 11.5. The molecule has 0 unspecified atom stereocenters. The van der Waals surface area contributed by atoms with Crippen molar-refractivity contribution in [1.82, 2.24) is 9.88 Å². The van der Waals surface area contributed by atoms with Crippen molar-refractivity contribution in [3.05, 3.63) is 40.6 Å². The van der Waals surface area contributed by atoms with Crippen molar-refractivity contribution < 1.29 is 4.92 Å². The Morgan fingerprint density at radius 3 is 2.75 bits per heavy atom. The topological polar surface area (TPSA) is 71.3 Å². The highest BCUT2D eigenvalue weighted by Crippen LogP contribution is 2.29. The van der Waals surface area contributed by atoms with Crippen LogP contribution in [0.1, 0.15) is 20.3 Å². The van der Waals surface area contributed by atoms with E-state index in [0.29, 0.717) is 10.9 Å². The summed E-state index contributed by atoms with van der Waals surface area (Å²) < 4.78 is 0.